The summed E-state index contributed by atoms with van der Waals surface area (Å²) >= 11 is 0. The normalized spacial score (nSPS) is 19.1. The van der Waals surface area contributed by atoms with Crippen LogP contribution in [0.1, 0.15) is 50.8 Å². The fourth-order valence-corrected chi connectivity index (χ4v) is 5.30. The second kappa shape index (κ2) is 8.37. The molecule has 33 heavy (non-hydrogen) atoms. The number of hydrogen-bond acceptors (Lipinski definition) is 5. The molecule has 4 heterocycles. The van der Waals surface area contributed by atoms with Gasteiger partial charge in [-0.2, -0.15) is 0 Å². The topological polar surface area (TPSA) is 74.8 Å². The molecule has 0 spiro atoms. The van der Waals surface area contributed by atoms with Gasteiger partial charge in [0.1, 0.15) is 16.7 Å². The summed E-state index contributed by atoms with van der Waals surface area (Å²) in [5, 5.41) is 0.574. The fraction of sp³-hybridized carbons (Fsp3) is 0.462. The molecule has 1 aromatic carbocycles. The summed E-state index contributed by atoms with van der Waals surface area (Å²) < 4.78 is 9.69. The smallest absolute Gasteiger partial charge is 0.265 e. The van der Waals surface area contributed by atoms with Gasteiger partial charge in [-0.05, 0) is 64.0 Å². The van der Waals surface area contributed by atoms with E-state index in [9.17, 15) is 4.79 Å². The van der Waals surface area contributed by atoms with Gasteiger partial charge in [-0.25, -0.2) is 15.0 Å². The summed E-state index contributed by atoms with van der Waals surface area (Å²) in [4.78, 5) is 28.6. The van der Waals surface area contributed by atoms with Crippen molar-refractivity contribution >= 4 is 33.2 Å². The minimum absolute atomic E-state index is 0.0433. The fourth-order valence-electron chi connectivity index (χ4n) is 5.30. The Kier molecular flexibility index (Phi) is 5.21. The van der Waals surface area contributed by atoms with Gasteiger partial charge in [-0.15, -0.1) is 0 Å². The summed E-state index contributed by atoms with van der Waals surface area (Å²) in [5.74, 6) is 0.716. The largest absolute Gasteiger partial charge is 0.376 e. The zero-order valence-corrected chi connectivity index (χ0v) is 19.1. The van der Waals surface area contributed by atoms with Crippen LogP contribution in [0.5, 0.6) is 0 Å². The molecule has 4 aromatic rings. The molecule has 0 saturated carbocycles. The highest BCUT2D eigenvalue weighted by atomic mass is 16.5. The van der Waals surface area contributed by atoms with E-state index in [0.717, 1.165) is 61.9 Å². The van der Waals surface area contributed by atoms with Gasteiger partial charge in [0.25, 0.3) is 5.56 Å². The summed E-state index contributed by atoms with van der Waals surface area (Å²) in [6.07, 6.45) is 10.3. The highest BCUT2D eigenvalue weighted by molar-refractivity contribution is 6.04. The van der Waals surface area contributed by atoms with Gasteiger partial charge in [0.05, 0.1) is 23.7 Å². The van der Waals surface area contributed by atoms with E-state index >= 15 is 0 Å². The molecule has 1 aliphatic heterocycles. The van der Waals surface area contributed by atoms with Crippen molar-refractivity contribution in [1.82, 2.24) is 24.1 Å². The molecule has 1 aliphatic carbocycles. The van der Waals surface area contributed by atoms with E-state index in [4.69, 9.17) is 19.7 Å². The molecule has 1 fully saturated rings. The van der Waals surface area contributed by atoms with Crippen molar-refractivity contribution in [1.29, 1.82) is 0 Å². The van der Waals surface area contributed by atoms with Crippen molar-refractivity contribution in [3.05, 3.63) is 52.1 Å². The summed E-state index contributed by atoms with van der Waals surface area (Å²) in [7, 11) is 0. The van der Waals surface area contributed by atoms with Crippen molar-refractivity contribution in [3.8, 4) is 0 Å². The van der Waals surface area contributed by atoms with E-state index in [1.165, 1.54) is 18.4 Å². The van der Waals surface area contributed by atoms with Crippen LogP contribution in [0.2, 0.25) is 0 Å². The number of nitrogens with zero attached hydrogens (tertiary/aromatic N) is 5. The first-order chi connectivity index (χ1) is 16.2. The molecule has 1 atom stereocenters. The minimum Gasteiger partial charge on any atom is -0.376 e. The Balaban J connectivity index is 1.55. The third kappa shape index (κ3) is 3.64. The number of para-hydroxylation sites is 2. The van der Waals surface area contributed by atoms with Gasteiger partial charge in [0, 0.05) is 13.2 Å². The maximum absolute atomic E-state index is 13.8. The van der Waals surface area contributed by atoms with E-state index < -0.39 is 0 Å². The average Bonchev–Trinajstić information content (AvgIpc) is 3.45. The van der Waals surface area contributed by atoms with Crippen LogP contribution in [0.15, 0.2) is 40.7 Å². The van der Waals surface area contributed by atoms with Gasteiger partial charge < -0.3 is 9.30 Å². The van der Waals surface area contributed by atoms with Gasteiger partial charge in [-0.3, -0.25) is 9.36 Å². The van der Waals surface area contributed by atoms with E-state index in [1.54, 1.807) is 4.57 Å². The number of ether oxygens (including phenoxy) is 1. The molecule has 170 valence electrons. The molecule has 7 heteroatoms. The van der Waals surface area contributed by atoms with E-state index in [2.05, 4.69) is 10.6 Å². The van der Waals surface area contributed by atoms with Crippen molar-refractivity contribution in [2.24, 2.45) is 0 Å². The summed E-state index contributed by atoms with van der Waals surface area (Å²) in [6.45, 7) is 3.97. The van der Waals surface area contributed by atoms with Crippen LogP contribution in [-0.2, 0) is 17.8 Å². The molecular weight excluding hydrogens is 414 g/mol. The molecule has 0 N–H and O–H groups in total. The molecule has 0 radical (unpaired) electrons. The molecule has 6 rings (SSSR count). The van der Waals surface area contributed by atoms with Crippen LogP contribution < -0.4 is 5.56 Å². The Morgan fingerprint density at radius 1 is 1.03 bits per heavy atom. The number of allylic oxidation sites excluding steroid dienone is 2. The van der Waals surface area contributed by atoms with Crippen LogP contribution in [-0.4, -0.2) is 36.8 Å². The first-order valence-corrected chi connectivity index (χ1v) is 12.1. The number of aromatic nitrogens is 5. The molecule has 3 aromatic heterocycles. The molecule has 0 amide bonds. The maximum Gasteiger partial charge on any atom is 0.265 e. The maximum atomic E-state index is 13.8. The Morgan fingerprint density at radius 2 is 1.88 bits per heavy atom. The first-order valence-electron chi connectivity index (χ1n) is 12.1. The Hall–Kier alpha value is -3.06. The Morgan fingerprint density at radius 3 is 2.64 bits per heavy atom. The van der Waals surface area contributed by atoms with Gasteiger partial charge >= 0.3 is 0 Å². The number of fused-ring (bicyclic) bond motifs is 4. The van der Waals surface area contributed by atoms with Crippen LogP contribution >= 0.6 is 0 Å². The van der Waals surface area contributed by atoms with Gasteiger partial charge in [0.15, 0.2) is 11.3 Å². The van der Waals surface area contributed by atoms with Crippen LogP contribution in [0, 0.1) is 6.92 Å². The lowest BCUT2D eigenvalue weighted by molar-refractivity contribution is 0.0955. The molecular formula is C26H29N5O2. The van der Waals surface area contributed by atoms with Gasteiger partial charge in [-0.1, -0.05) is 23.8 Å². The first kappa shape index (κ1) is 20.5. The van der Waals surface area contributed by atoms with Crippen LogP contribution in [0.25, 0.3) is 33.2 Å². The number of benzene rings is 1. The quantitative estimate of drug-likeness (QED) is 0.419. The lowest BCUT2D eigenvalue weighted by atomic mass is 9.97. The Bertz CT molecular complexity index is 1440. The summed E-state index contributed by atoms with van der Waals surface area (Å²) in [5.41, 5.74) is 5.18. The predicted molar refractivity (Wildman–Crippen MR) is 129 cm³/mol. The lowest BCUT2D eigenvalue weighted by Crippen LogP contribution is -2.29. The highest BCUT2D eigenvalue weighted by Crippen LogP contribution is 2.28. The minimum atomic E-state index is -0.0433. The monoisotopic (exact) mass is 443 g/mol. The highest BCUT2D eigenvalue weighted by Gasteiger charge is 2.24. The number of hydrogen-bond donors (Lipinski definition) is 0. The lowest BCUT2D eigenvalue weighted by Gasteiger charge is -2.15. The van der Waals surface area contributed by atoms with Crippen molar-refractivity contribution < 1.29 is 4.74 Å². The standard InChI is InChI=1S/C26H29N5O2/c1-17-27-24-22(26(32)31(17)16-19-10-7-15-33-19)23-25(29-21-12-6-5-11-20(21)28-23)30(24)14-13-18-8-3-2-4-9-18/h5-6,8,11-12,19H,2-4,7,9-10,13-16H2,1H3/t19-/m1/s1. The predicted octanol–water partition coefficient (Wildman–Crippen LogP) is 4.67. The molecule has 0 unspecified atom stereocenters. The van der Waals surface area contributed by atoms with E-state index in [1.807, 2.05) is 31.2 Å². The number of aryl methyl sites for hydroxylation is 2. The second-order valence-corrected chi connectivity index (χ2v) is 9.30. The summed E-state index contributed by atoms with van der Waals surface area (Å²) in [6, 6.07) is 7.85. The van der Waals surface area contributed by atoms with E-state index in [-0.39, 0.29) is 11.7 Å². The van der Waals surface area contributed by atoms with Crippen molar-refractivity contribution in [2.75, 3.05) is 6.61 Å². The van der Waals surface area contributed by atoms with Crippen LogP contribution in [0.4, 0.5) is 0 Å². The molecule has 0 bridgehead atoms. The van der Waals surface area contributed by atoms with Crippen molar-refractivity contribution in [2.45, 2.75) is 71.1 Å². The SMILES string of the molecule is Cc1nc2c(c(=O)n1C[C@H]1CCCO1)c1nc3ccccc3nc1n2CCC1=CCCCC1. The second-order valence-electron chi connectivity index (χ2n) is 9.30. The van der Waals surface area contributed by atoms with Gasteiger partial charge in [0.2, 0.25) is 0 Å². The molecule has 7 nitrogen and oxygen atoms in total. The molecule has 2 aliphatic rings. The number of rotatable bonds is 5. The van der Waals surface area contributed by atoms with E-state index in [0.29, 0.717) is 28.9 Å². The third-order valence-corrected chi connectivity index (χ3v) is 7.09. The third-order valence-electron chi connectivity index (χ3n) is 7.09. The Labute approximate surface area is 192 Å². The zero-order valence-electron chi connectivity index (χ0n) is 19.1. The van der Waals surface area contributed by atoms with Crippen LogP contribution in [0.3, 0.4) is 0 Å². The van der Waals surface area contributed by atoms with Crippen molar-refractivity contribution in [3.63, 3.8) is 0 Å². The molecule has 1 saturated heterocycles. The zero-order chi connectivity index (χ0) is 22.4. The average molecular weight is 444 g/mol.